The maximum absolute atomic E-state index is 3.59. The van der Waals surface area contributed by atoms with Crippen LogP contribution in [0.5, 0.6) is 0 Å². The van der Waals surface area contributed by atoms with Gasteiger partial charge >= 0.3 is 0 Å². The minimum Gasteiger partial charge on any atom is -0.312 e. The summed E-state index contributed by atoms with van der Waals surface area (Å²) in [5.74, 6) is 0. The predicted octanol–water partition coefficient (Wildman–Crippen LogP) is 2.47. The first-order valence-electron chi connectivity index (χ1n) is 4.56. The van der Waals surface area contributed by atoms with Crippen LogP contribution in [0, 0.1) is 0 Å². The summed E-state index contributed by atoms with van der Waals surface area (Å²) in [7, 11) is -0.875. The van der Waals surface area contributed by atoms with E-state index in [1.165, 1.54) is 13.0 Å². The molecule has 1 atom stereocenters. The molecular formula is C9H21NSi. The summed E-state index contributed by atoms with van der Waals surface area (Å²) in [5, 5.41) is 3.59. The highest BCUT2D eigenvalue weighted by Crippen LogP contribution is 2.35. The SMILES string of the molecule is CC1(C)CC([Si](C)(C)C)CN1. The van der Waals surface area contributed by atoms with E-state index in [1.54, 1.807) is 0 Å². The van der Waals surface area contributed by atoms with Gasteiger partial charge in [0.05, 0.1) is 0 Å². The molecular weight excluding hydrogens is 150 g/mol. The highest BCUT2D eigenvalue weighted by molar-refractivity contribution is 6.77. The van der Waals surface area contributed by atoms with Crippen molar-refractivity contribution in [2.75, 3.05) is 6.54 Å². The molecule has 0 aliphatic carbocycles. The van der Waals surface area contributed by atoms with Gasteiger partial charge in [0.25, 0.3) is 0 Å². The molecule has 1 saturated heterocycles. The fraction of sp³-hybridized carbons (Fsp3) is 1.00. The fourth-order valence-electron chi connectivity index (χ4n) is 1.77. The van der Waals surface area contributed by atoms with Gasteiger partial charge in [-0.05, 0) is 32.4 Å². The lowest BCUT2D eigenvalue weighted by atomic mass is 10.0. The van der Waals surface area contributed by atoms with Gasteiger partial charge in [0.2, 0.25) is 0 Å². The van der Waals surface area contributed by atoms with Gasteiger partial charge in [0, 0.05) is 13.6 Å². The lowest BCUT2D eigenvalue weighted by Crippen LogP contribution is -2.31. The molecule has 1 aliphatic heterocycles. The van der Waals surface area contributed by atoms with Gasteiger partial charge in [-0.3, -0.25) is 0 Å². The second kappa shape index (κ2) is 2.59. The van der Waals surface area contributed by atoms with E-state index in [0.29, 0.717) is 5.54 Å². The Morgan fingerprint density at radius 2 is 1.82 bits per heavy atom. The largest absolute Gasteiger partial charge is 0.312 e. The van der Waals surface area contributed by atoms with E-state index >= 15 is 0 Å². The van der Waals surface area contributed by atoms with Crippen LogP contribution in [-0.2, 0) is 0 Å². The van der Waals surface area contributed by atoms with Crippen LogP contribution in [0.2, 0.25) is 25.2 Å². The van der Waals surface area contributed by atoms with Crippen LogP contribution in [0.3, 0.4) is 0 Å². The number of hydrogen-bond acceptors (Lipinski definition) is 1. The minimum absolute atomic E-state index is 0.408. The molecule has 1 N–H and O–H groups in total. The van der Waals surface area contributed by atoms with Crippen molar-refractivity contribution in [3.8, 4) is 0 Å². The standard InChI is InChI=1S/C9H21NSi/c1-9(2)6-8(7-10-9)11(3,4)5/h8,10H,6-7H2,1-5H3. The zero-order valence-electron chi connectivity index (χ0n) is 8.49. The quantitative estimate of drug-likeness (QED) is 0.598. The average molecular weight is 171 g/mol. The van der Waals surface area contributed by atoms with E-state index < -0.39 is 8.07 Å². The molecule has 0 saturated carbocycles. The van der Waals surface area contributed by atoms with Crippen molar-refractivity contribution in [1.29, 1.82) is 0 Å². The predicted molar refractivity (Wildman–Crippen MR) is 53.8 cm³/mol. The third-order valence-corrected chi connectivity index (χ3v) is 5.67. The second-order valence-electron chi connectivity index (χ2n) is 5.53. The fourth-order valence-corrected chi connectivity index (χ4v) is 3.61. The summed E-state index contributed by atoms with van der Waals surface area (Å²) < 4.78 is 0. The molecule has 0 bridgehead atoms. The van der Waals surface area contributed by atoms with Crippen molar-refractivity contribution in [2.24, 2.45) is 0 Å². The first kappa shape index (κ1) is 9.27. The third-order valence-electron chi connectivity index (χ3n) is 2.81. The molecule has 66 valence electrons. The molecule has 1 nitrogen and oxygen atoms in total. The monoisotopic (exact) mass is 171 g/mol. The van der Waals surface area contributed by atoms with E-state index in [0.717, 1.165) is 5.54 Å². The topological polar surface area (TPSA) is 12.0 Å². The van der Waals surface area contributed by atoms with Crippen molar-refractivity contribution in [1.82, 2.24) is 5.32 Å². The summed E-state index contributed by atoms with van der Waals surface area (Å²) in [4.78, 5) is 0. The summed E-state index contributed by atoms with van der Waals surface area (Å²) in [6, 6.07) is 0. The van der Waals surface area contributed by atoms with Crippen LogP contribution in [0.15, 0.2) is 0 Å². The zero-order valence-corrected chi connectivity index (χ0v) is 9.49. The van der Waals surface area contributed by atoms with Crippen LogP contribution in [0.1, 0.15) is 20.3 Å². The second-order valence-corrected chi connectivity index (χ2v) is 11.1. The summed E-state index contributed by atoms with van der Waals surface area (Å²) in [6.07, 6.45) is 1.38. The molecule has 0 amide bonds. The molecule has 1 unspecified atom stereocenters. The highest BCUT2D eigenvalue weighted by atomic mass is 28.3. The summed E-state index contributed by atoms with van der Waals surface area (Å²) >= 11 is 0. The van der Waals surface area contributed by atoms with E-state index in [9.17, 15) is 0 Å². The van der Waals surface area contributed by atoms with Crippen LogP contribution >= 0.6 is 0 Å². The Labute approximate surface area is 71.6 Å². The van der Waals surface area contributed by atoms with Crippen molar-refractivity contribution < 1.29 is 0 Å². The number of rotatable bonds is 1. The van der Waals surface area contributed by atoms with Gasteiger partial charge < -0.3 is 5.32 Å². The number of hydrogen-bond donors (Lipinski definition) is 1. The lowest BCUT2D eigenvalue weighted by Gasteiger charge is -2.25. The molecule has 0 aromatic carbocycles. The molecule has 0 radical (unpaired) electrons. The Morgan fingerprint density at radius 1 is 1.27 bits per heavy atom. The van der Waals surface area contributed by atoms with Crippen LogP contribution < -0.4 is 5.32 Å². The molecule has 1 aliphatic rings. The molecule has 2 heteroatoms. The van der Waals surface area contributed by atoms with E-state index in [-0.39, 0.29) is 0 Å². The van der Waals surface area contributed by atoms with Crippen molar-refractivity contribution in [2.45, 2.75) is 51.0 Å². The van der Waals surface area contributed by atoms with E-state index in [4.69, 9.17) is 0 Å². The van der Waals surface area contributed by atoms with E-state index in [1.807, 2.05) is 0 Å². The maximum Gasteiger partial charge on any atom is 0.0488 e. The van der Waals surface area contributed by atoms with Crippen LogP contribution in [0.4, 0.5) is 0 Å². The Morgan fingerprint density at radius 3 is 2.00 bits per heavy atom. The third kappa shape index (κ3) is 2.31. The molecule has 0 spiro atoms. The maximum atomic E-state index is 3.59. The van der Waals surface area contributed by atoms with Crippen molar-refractivity contribution in [3.05, 3.63) is 0 Å². The Bertz CT molecular complexity index is 146. The van der Waals surface area contributed by atoms with Gasteiger partial charge in [-0.2, -0.15) is 0 Å². The Kier molecular flexibility index (Phi) is 2.19. The van der Waals surface area contributed by atoms with Gasteiger partial charge in [-0.1, -0.05) is 19.6 Å². The number of nitrogens with one attached hydrogen (secondary N) is 1. The van der Waals surface area contributed by atoms with E-state index in [2.05, 4.69) is 38.8 Å². The minimum atomic E-state index is -0.875. The molecule has 1 heterocycles. The van der Waals surface area contributed by atoms with Crippen LogP contribution in [0.25, 0.3) is 0 Å². The first-order chi connectivity index (χ1) is 4.81. The van der Waals surface area contributed by atoms with Crippen molar-refractivity contribution in [3.63, 3.8) is 0 Å². The first-order valence-corrected chi connectivity index (χ1v) is 8.14. The smallest absolute Gasteiger partial charge is 0.0488 e. The summed E-state index contributed by atoms with van der Waals surface area (Å²) in [5.41, 5.74) is 1.39. The Hall–Kier alpha value is 0.177. The normalized spacial score (nSPS) is 30.8. The van der Waals surface area contributed by atoms with Crippen molar-refractivity contribution >= 4 is 8.07 Å². The Balaban J connectivity index is 2.55. The zero-order chi connectivity index (χ0) is 8.70. The average Bonchev–Trinajstić information content (AvgIpc) is 2.07. The van der Waals surface area contributed by atoms with Gasteiger partial charge in [-0.15, -0.1) is 0 Å². The summed E-state index contributed by atoms with van der Waals surface area (Å²) in [6.45, 7) is 13.3. The highest BCUT2D eigenvalue weighted by Gasteiger charge is 2.37. The molecule has 1 fully saturated rings. The van der Waals surface area contributed by atoms with Gasteiger partial charge in [-0.25, -0.2) is 0 Å². The van der Waals surface area contributed by atoms with Gasteiger partial charge in [0.1, 0.15) is 0 Å². The molecule has 1 rings (SSSR count). The lowest BCUT2D eigenvalue weighted by molar-refractivity contribution is 0.459. The molecule has 11 heavy (non-hydrogen) atoms. The van der Waals surface area contributed by atoms with Gasteiger partial charge in [0.15, 0.2) is 0 Å². The molecule has 0 aromatic heterocycles. The molecule has 0 aromatic rings. The van der Waals surface area contributed by atoms with Crippen LogP contribution in [-0.4, -0.2) is 20.2 Å².